The van der Waals surface area contributed by atoms with Gasteiger partial charge < -0.3 is 39.1 Å². The molecule has 0 bridgehead atoms. The van der Waals surface area contributed by atoms with Crippen LogP contribution in [-0.2, 0) is 41.9 Å². The number of hydrogen-bond donors (Lipinski definition) is 2. The van der Waals surface area contributed by atoms with E-state index >= 15 is 0 Å². The molecule has 2 atom stereocenters. The second-order valence-corrected chi connectivity index (χ2v) is 12.3. The zero-order chi connectivity index (χ0) is 41.2. The lowest BCUT2D eigenvalue weighted by atomic mass is 10.1. The van der Waals surface area contributed by atoms with E-state index in [0.717, 1.165) is 11.1 Å². The highest BCUT2D eigenvalue weighted by atomic mass is 16.6. The van der Waals surface area contributed by atoms with Gasteiger partial charge in [0.05, 0.1) is 20.6 Å². The van der Waals surface area contributed by atoms with Crippen molar-refractivity contribution in [1.82, 2.24) is 10.6 Å². The number of allylic oxidation sites excluding steroid dienone is 2. The van der Waals surface area contributed by atoms with Gasteiger partial charge in [-0.15, -0.1) is 0 Å². The van der Waals surface area contributed by atoms with E-state index in [-0.39, 0.29) is 36.2 Å². The molecule has 4 rings (SSSR count). The molecule has 2 N–H and O–H groups in total. The van der Waals surface area contributed by atoms with Gasteiger partial charge in [-0.3, -0.25) is 9.59 Å². The Labute approximate surface area is 329 Å². The summed E-state index contributed by atoms with van der Waals surface area (Å²) in [7, 11) is 2.75. The van der Waals surface area contributed by atoms with Gasteiger partial charge in [0.1, 0.15) is 25.3 Å². The SMILES string of the molecule is COc1cc(/C=C/C(=O)CC(=O)/C=C/c2ccc(OC(=O)[C@H](C)NC(=O)OCc3ccccc3)c(OC)c2)ccc1OC(=O)[C@H](C)NC(=O)OCc1ccccc1. The van der Waals surface area contributed by atoms with E-state index < -0.39 is 54.2 Å². The van der Waals surface area contributed by atoms with Crippen LogP contribution in [0, 0.1) is 0 Å². The predicted octanol–water partition coefficient (Wildman–Crippen LogP) is 6.40. The standard InChI is InChI=1S/C43H42N2O12/c1-28(44-42(50)54-26-32-11-7-5-8-12-32)40(48)56-36-21-17-30(23-38(36)52-3)15-19-34(46)25-35(47)20-16-31-18-22-37(39(24-31)53-4)57-41(49)29(2)45-43(51)55-27-33-13-9-6-10-14-33/h5-24,28-29H,25-27H2,1-4H3,(H,44,50)(H,45,51)/b19-15+,20-16+/t28-,29-/m0/s1. The molecule has 0 aromatic heterocycles. The van der Waals surface area contributed by atoms with Gasteiger partial charge in [0.2, 0.25) is 0 Å². The van der Waals surface area contributed by atoms with Crippen LogP contribution in [0.15, 0.2) is 109 Å². The molecule has 0 spiro atoms. The molecule has 0 aliphatic heterocycles. The maximum atomic E-state index is 12.6. The summed E-state index contributed by atoms with van der Waals surface area (Å²) >= 11 is 0. The first-order chi connectivity index (χ1) is 27.4. The minimum Gasteiger partial charge on any atom is -0.493 e. The highest BCUT2D eigenvalue weighted by molar-refractivity contribution is 6.11. The van der Waals surface area contributed by atoms with Gasteiger partial charge in [-0.25, -0.2) is 19.2 Å². The summed E-state index contributed by atoms with van der Waals surface area (Å²) in [5.41, 5.74) is 2.63. The molecule has 4 aromatic carbocycles. The van der Waals surface area contributed by atoms with Crippen LogP contribution in [0.25, 0.3) is 12.2 Å². The minimum atomic E-state index is -1.03. The molecule has 0 unspecified atom stereocenters. The van der Waals surface area contributed by atoms with Crippen LogP contribution < -0.4 is 29.6 Å². The van der Waals surface area contributed by atoms with E-state index in [2.05, 4.69) is 10.6 Å². The molecule has 4 aromatic rings. The smallest absolute Gasteiger partial charge is 0.408 e. The summed E-state index contributed by atoms with van der Waals surface area (Å²) in [5, 5.41) is 4.84. The zero-order valence-corrected chi connectivity index (χ0v) is 31.7. The van der Waals surface area contributed by atoms with Crippen molar-refractivity contribution in [3.05, 3.63) is 131 Å². The lowest BCUT2D eigenvalue weighted by molar-refractivity contribution is -0.137. The van der Waals surface area contributed by atoms with Gasteiger partial charge >= 0.3 is 24.1 Å². The van der Waals surface area contributed by atoms with Crippen molar-refractivity contribution in [2.75, 3.05) is 14.2 Å². The first-order valence-electron chi connectivity index (χ1n) is 17.6. The third kappa shape index (κ3) is 14.2. The Balaban J connectivity index is 1.23. The average Bonchev–Trinajstić information content (AvgIpc) is 3.21. The number of hydrogen-bond acceptors (Lipinski definition) is 12. The van der Waals surface area contributed by atoms with Crippen LogP contribution in [0.3, 0.4) is 0 Å². The Kier molecular flexibility index (Phi) is 16.1. The largest absolute Gasteiger partial charge is 0.493 e. The highest BCUT2D eigenvalue weighted by Crippen LogP contribution is 2.30. The van der Waals surface area contributed by atoms with Crippen molar-refractivity contribution >= 4 is 47.8 Å². The summed E-state index contributed by atoms with van der Waals surface area (Å²) < 4.78 is 31.8. The fraction of sp³-hybridized carbons (Fsp3) is 0.209. The fourth-order valence-electron chi connectivity index (χ4n) is 4.81. The van der Waals surface area contributed by atoms with Crippen LogP contribution in [0.5, 0.6) is 23.0 Å². The maximum Gasteiger partial charge on any atom is 0.408 e. The summed E-state index contributed by atoms with van der Waals surface area (Å²) in [5.74, 6) is -1.89. The summed E-state index contributed by atoms with van der Waals surface area (Å²) in [6.07, 6.45) is 3.46. The van der Waals surface area contributed by atoms with Crippen LogP contribution in [0.4, 0.5) is 9.59 Å². The Bertz CT molecular complexity index is 1950. The number of methoxy groups -OCH3 is 2. The lowest BCUT2D eigenvalue weighted by Gasteiger charge is -2.15. The lowest BCUT2D eigenvalue weighted by Crippen LogP contribution is -2.41. The van der Waals surface area contributed by atoms with Crippen molar-refractivity contribution in [3.8, 4) is 23.0 Å². The Morgan fingerprint density at radius 3 is 1.30 bits per heavy atom. The van der Waals surface area contributed by atoms with Crippen LogP contribution in [0.1, 0.15) is 42.5 Å². The van der Waals surface area contributed by atoms with Gasteiger partial charge in [-0.05, 0) is 72.5 Å². The number of benzene rings is 4. The number of carbonyl (C=O) groups is 6. The molecule has 57 heavy (non-hydrogen) atoms. The number of rotatable bonds is 18. The third-order valence-electron chi connectivity index (χ3n) is 7.87. The van der Waals surface area contributed by atoms with E-state index in [4.69, 9.17) is 28.4 Å². The van der Waals surface area contributed by atoms with Crippen molar-refractivity contribution < 1.29 is 57.2 Å². The molecule has 0 saturated carbocycles. The van der Waals surface area contributed by atoms with E-state index in [9.17, 15) is 28.8 Å². The van der Waals surface area contributed by atoms with E-state index in [0.29, 0.717) is 11.1 Å². The quantitative estimate of drug-likeness (QED) is 0.0492. The first kappa shape index (κ1) is 42.5. The number of nitrogens with one attached hydrogen (secondary N) is 2. The van der Waals surface area contributed by atoms with Crippen LogP contribution in [-0.4, -0.2) is 62.0 Å². The molecule has 2 amide bonds. The molecule has 0 heterocycles. The molecule has 14 heteroatoms. The number of ketones is 2. The maximum absolute atomic E-state index is 12.6. The molecule has 0 aliphatic carbocycles. The molecule has 0 fully saturated rings. The molecular formula is C43H42N2O12. The number of alkyl carbamates (subject to hydrolysis) is 2. The average molecular weight is 779 g/mol. The Morgan fingerprint density at radius 2 is 0.930 bits per heavy atom. The summed E-state index contributed by atoms with van der Waals surface area (Å²) in [6.45, 7) is 2.97. The Morgan fingerprint density at radius 1 is 0.544 bits per heavy atom. The van der Waals surface area contributed by atoms with Crippen molar-refractivity contribution in [2.45, 2.75) is 45.6 Å². The number of carbonyl (C=O) groups excluding carboxylic acids is 6. The van der Waals surface area contributed by atoms with E-state index in [1.807, 2.05) is 36.4 Å². The molecular weight excluding hydrogens is 736 g/mol. The van der Waals surface area contributed by atoms with E-state index in [1.165, 1.54) is 76.6 Å². The highest BCUT2D eigenvalue weighted by Gasteiger charge is 2.22. The van der Waals surface area contributed by atoms with Crippen molar-refractivity contribution in [1.29, 1.82) is 0 Å². The molecule has 0 radical (unpaired) electrons. The Hall–Kier alpha value is -7.22. The monoisotopic (exact) mass is 778 g/mol. The van der Waals surface area contributed by atoms with Crippen LogP contribution >= 0.6 is 0 Å². The molecule has 296 valence electrons. The van der Waals surface area contributed by atoms with E-state index in [1.54, 1.807) is 36.4 Å². The number of amides is 2. The second-order valence-electron chi connectivity index (χ2n) is 12.3. The van der Waals surface area contributed by atoms with Gasteiger partial charge in [-0.1, -0.05) is 84.9 Å². The molecule has 0 saturated heterocycles. The number of esters is 2. The number of ether oxygens (including phenoxy) is 6. The van der Waals surface area contributed by atoms with Crippen LogP contribution in [0.2, 0.25) is 0 Å². The predicted molar refractivity (Wildman–Crippen MR) is 208 cm³/mol. The fourth-order valence-corrected chi connectivity index (χ4v) is 4.81. The minimum absolute atomic E-state index is 0.0368. The van der Waals surface area contributed by atoms with Gasteiger partial charge in [0.25, 0.3) is 0 Å². The summed E-state index contributed by atoms with van der Waals surface area (Å²) in [6, 6.07) is 25.2. The molecule has 0 aliphatic rings. The normalized spacial score (nSPS) is 11.9. The first-order valence-corrected chi connectivity index (χ1v) is 17.6. The molecule has 14 nitrogen and oxygen atoms in total. The second kappa shape index (κ2) is 21.6. The van der Waals surface area contributed by atoms with Gasteiger partial charge in [0, 0.05) is 0 Å². The van der Waals surface area contributed by atoms with Gasteiger partial charge in [0.15, 0.2) is 34.6 Å². The van der Waals surface area contributed by atoms with Crippen molar-refractivity contribution in [2.24, 2.45) is 0 Å². The third-order valence-corrected chi connectivity index (χ3v) is 7.87. The topological polar surface area (TPSA) is 182 Å². The van der Waals surface area contributed by atoms with Gasteiger partial charge in [-0.2, -0.15) is 0 Å². The van der Waals surface area contributed by atoms with Crippen molar-refractivity contribution in [3.63, 3.8) is 0 Å². The summed E-state index contributed by atoms with van der Waals surface area (Å²) in [4.78, 5) is 74.7. The zero-order valence-electron chi connectivity index (χ0n) is 31.7.